The molecule has 16 heavy (non-hydrogen) atoms. The summed E-state index contributed by atoms with van der Waals surface area (Å²) in [6.07, 6.45) is 3.42. The molecule has 1 atom stereocenters. The molecule has 0 spiro atoms. The minimum absolute atomic E-state index is 0.136. The van der Waals surface area contributed by atoms with Gasteiger partial charge in [0.2, 0.25) is 5.91 Å². The van der Waals surface area contributed by atoms with Gasteiger partial charge in [-0.3, -0.25) is 4.79 Å². The predicted molar refractivity (Wildman–Crippen MR) is 72.9 cm³/mol. The predicted octanol–water partition coefficient (Wildman–Crippen LogP) is 3.67. The third-order valence-electron chi connectivity index (χ3n) is 2.58. The number of carbonyl (C=O) groups is 1. The Balaban J connectivity index is 1.93. The highest BCUT2D eigenvalue weighted by atomic mass is 79.9. The topological polar surface area (TPSA) is 29.1 Å². The van der Waals surface area contributed by atoms with Gasteiger partial charge in [-0.05, 0) is 42.9 Å². The Morgan fingerprint density at radius 1 is 1.31 bits per heavy atom. The minimum Gasteiger partial charge on any atom is -0.325 e. The molecule has 1 fully saturated rings. The molecule has 2 nitrogen and oxygen atoms in total. The largest absolute Gasteiger partial charge is 0.325 e. The van der Waals surface area contributed by atoms with Crippen LogP contribution in [0.25, 0.3) is 0 Å². The van der Waals surface area contributed by atoms with E-state index in [0.717, 1.165) is 22.3 Å². The van der Waals surface area contributed by atoms with E-state index in [1.165, 1.54) is 12.8 Å². The fourth-order valence-corrected chi connectivity index (χ4v) is 3.17. The molecule has 1 aromatic rings. The number of anilines is 1. The van der Waals surface area contributed by atoms with E-state index in [0.29, 0.717) is 0 Å². The van der Waals surface area contributed by atoms with E-state index in [-0.39, 0.29) is 11.2 Å². The second-order valence-corrected chi connectivity index (χ2v) is 6.08. The van der Waals surface area contributed by atoms with Crippen LogP contribution in [0.2, 0.25) is 0 Å². The summed E-state index contributed by atoms with van der Waals surface area (Å²) >= 11 is 5.14. The molecule has 0 aliphatic carbocycles. The summed E-state index contributed by atoms with van der Waals surface area (Å²) in [6, 6.07) is 7.69. The average Bonchev–Trinajstić information content (AvgIpc) is 2.33. The zero-order chi connectivity index (χ0) is 11.4. The monoisotopic (exact) mass is 299 g/mol. The van der Waals surface area contributed by atoms with Crippen molar-refractivity contribution in [2.24, 2.45) is 0 Å². The van der Waals surface area contributed by atoms with Gasteiger partial charge >= 0.3 is 0 Å². The van der Waals surface area contributed by atoms with Crippen molar-refractivity contribution in [2.45, 2.75) is 24.5 Å². The van der Waals surface area contributed by atoms with E-state index < -0.39 is 0 Å². The normalized spacial score (nSPS) is 20.4. The van der Waals surface area contributed by atoms with Gasteiger partial charge in [0.1, 0.15) is 0 Å². The number of halogens is 1. The SMILES string of the molecule is O=C(Nc1ccc(Br)cc1)C1CCCCS1. The van der Waals surface area contributed by atoms with E-state index in [1.807, 2.05) is 24.3 Å². The van der Waals surface area contributed by atoms with Crippen LogP contribution in [-0.2, 0) is 4.79 Å². The van der Waals surface area contributed by atoms with E-state index in [1.54, 1.807) is 11.8 Å². The lowest BCUT2D eigenvalue weighted by Gasteiger charge is -2.20. The quantitative estimate of drug-likeness (QED) is 0.903. The summed E-state index contributed by atoms with van der Waals surface area (Å²) in [6.45, 7) is 0. The zero-order valence-corrected chi connectivity index (χ0v) is 11.3. The lowest BCUT2D eigenvalue weighted by molar-refractivity contribution is -0.115. The van der Waals surface area contributed by atoms with Crippen molar-refractivity contribution in [3.8, 4) is 0 Å². The van der Waals surface area contributed by atoms with Crippen LogP contribution in [0.5, 0.6) is 0 Å². The maximum absolute atomic E-state index is 11.9. The maximum atomic E-state index is 11.9. The molecule has 1 saturated heterocycles. The lowest BCUT2D eigenvalue weighted by Crippen LogP contribution is -2.27. The fourth-order valence-electron chi connectivity index (χ4n) is 1.70. The highest BCUT2D eigenvalue weighted by Gasteiger charge is 2.21. The van der Waals surface area contributed by atoms with Gasteiger partial charge in [0.05, 0.1) is 5.25 Å². The second-order valence-electron chi connectivity index (χ2n) is 3.85. The van der Waals surface area contributed by atoms with Crippen molar-refractivity contribution >= 4 is 39.3 Å². The highest BCUT2D eigenvalue weighted by Crippen LogP contribution is 2.26. The average molecular weight is 300 g/mol. The van der Waals surface area contributed by atoms with Crippen molar-refractivity contribution in [1.29, 1.82) is 0 Å². The molecule has 1 aromatic carbocycles. The molecule has 0 saturated carbocycles. The Hall–Kier alpha value is -0.480. The standard InChI is InChI=1S/C12H14BrNOS/c13-9-4-6-10(7-5-9)14-12(15)11-3-1-2-8-16-11/h4-7,11H,1-3,8H2,(H,14,15). The van der Waals surface area contributed by atoms with Gasteiger partial charge in [-0.15, -0.1) is 11.8 Å². The molecular weight excluding hydrogens is 286 g/mol. The third kappa shape index (κ3) is 3.25. The highest BCUT2D eigenvalue weighted by molar-refractivity contribution is 9.10. The maximum Gasteiger partial charge on any atom is 0.237 e. The number of hydrogen-bond acceptors (Lipinski definition) is 2. The Labute approximate surface area is 108 Å². The first kappa shape index (κ1) is 12.0. The molecule has 86 valence electrons. The van der Waals surface area contributed by atoms with Crippen molar-refractivity contribution in [3.63, 3.8) is 0 Å². The van der Waals surface area contributed by atoms with E-state index in [2.05, 4.69) is 21.2 Å². The number of amides is 1. The molecule has 4 heteroatoms. The van der Waals surface area contributed by atoms with Gasteiger partial charge in [0.25, 0.3) is 0 Å². The van der Waals surface area contributed by atoms with E-state index >= 15 is 0 Å². The van der Waals surface area contributed by atoms with Crippen LogP contribution in [0.4, 0.5) is 5.69 Å². The van der Waals surface area contributed by atoms with Crippen molar-refractivity contribution in [3.05, 3.63) is 28.7 Å². The summed E-state index contributed by atoms with van der Waals surface area (Å²) in [5.41, 5.74) is 0.874. The van der Waals surface area contributed by atoms with Gasteiger partial charge in [-0.1, -0.05) is 22.4 Å². The first-order valence-corrected chi connectivity index (χ1v) is 7.28. The van der Waals surface area contributed by atoms with E-state index in [4.69, 9.17) is 0 Å². The van der Waals surface area contributed by atoms with Crippen LogP contribution in [0.1, 0.15) is 19.3 Å². The Bertz CT molecular complexity index is 360. The first-order valence-electron chi connectivity index (χ1n) is 5.44. The fraction of sp³-hybridized carbons (Fsp3) is 0.417. The molecule has 0 aromatic heterocycles. The Kier molecular flexibility index (Phi) is 4.29. The minimum atomic E-state index is 0.136. The summed E-state index contributed by atoms with van der Waals surface area (Å²) in [7, 11) is 0. The molecule has 1 heterocycles. The smallest absolute Gasteiger partial charge is 0.237 e. The second kappa shape index (κ2) is 5.73. The molecular formula is C12H14BrNOS. The summed E-state index contributed by atoms with van der Waals surface area (Å²) in [5, 5.41) is 3.09. The van der Waals surface area contributed by atoms with Crippen molar-refractivity contribution in [1.82, 2.24) is 0 Å². The molecule has 1 amide bonds. The number of hydrogen-bond donors (Lipinski definition) is 1. The van der Waals surface area contributed by atoms with Crippen LogP contribution < -0.4 is 5.32 Å². The number of nitrogens with one attached hydrogen (secondary N) is 1. The van der Waals surface area contributed by atoms with Crippen LogP contribution in [0.3, 0.4) is 0 Å². The third-order valence-corrected chi connectivity index (χ3v) is 4.49. The van der Waals surface area contributed by atoms with Gasteiger partial charge < -0.3 is 5.32 Å². The Morgan fingerprint density at radius 2 is 2.06 bits per heavy atom. The number of benzene rings is 1. The lowest BCUT2D eigenvalue weighted by atomic mass is 10.2. The molecule has 1 aliphatic rings. The summed E-state index contributed by atoms with van der Waals surface area (Å²) < 4.78 is 1.03. The summed E-state index contributed by atoms with van der Waals surface area (Å²) in [5.74, 6) is 1.25. The molecule has 1 unspecified atom stereocenters. The van der Waals surface area contributed by atoms with Crippen molar-refractivity contribution in [2.75, 3.05) is 11.1 Å². The zero-order valence-electron chi connectivity index (χ0n) is 8.91. The molecule has 2 rings (SSSR count). The van der Waals surface area contributed by atoms with Gasteiger partial charge in [-0.2, -0.15) is 0 Å². The molecule has 1 aliphatic heterocycles. The van der Waals surface area contributed by atoms with Gasteiger partial charge in [0, 0.05) is 10.2 Å². The van der Waals surface area contributed by atoms with Gasteiger partial charge in [0.15, 0.2) is 0 Å². The molecule has 0 bridgehead atoms. The first-order chi connectivity index (χ1) is 7.75. The van der Waals surface area contributed by atoms with Crippen LogP contribution in [-0.4, -0.2) is 16.9 Å². The van der Waals surface area contributed by atoms with E-state index in [9.17, 15) is 4.79 Å². The Morgan fingerprint density at radius 3 is 2.69 bits per heavy atom. The molecule has 1 N–H and O–H groups in total. The molecule has 0 radical (unpaired) electrons. The number of carbonyl (C=O) groups excluding carboxylic acids is 1. The summed E-state index contributed by atoms with van der Waals surface area (Å²) in [4.78, 5) is 11.9. The van der Waals surface area contributed by atoms with Crippen LogP contribution in [0.15, 0.2) is 28.7 Å². The van der Waals surface area contributed by atoms with Crippen molar-refractivity contribution < 1.29 is 4.79 Å². The van der Waals surface area contributed by atoms with Crippen LogP contribution in [0, 0.1) is 0 Å². The van der Waals surface area contributed by atoms with Gasteiger partial charge in [-0.25, -0.2) is 0 Å². The van der Waals surface area contributed by atoms with Crippen LogP contribution >= 0.6 is 27.7 Å². The number of thioether (sulfide) groups is 1. The number of rotatable bonds is 2.